The first-order valence-electron chi connectivity index (χ1n) is 4.84. The Morgan fingerprint density at radius 3 is 2.45 bits per heavy atom. The number of nitrogens with one attached hydrogen (secondary N) is 1. The topological polar surface area (TPSA) is 12.0 Å². The third-order valence-corrected chi connectivity index (χ3v) is 2.61. The molecule has 1 aliphatic rings. The van der Waals surface area contributed by atoms with Crippen molar-refractivity contribution in [3.05, 3.63) is 0 Å². The predicted molar refractivity (Wildman–Crippen MR) is 49.7 cm³/mol. The van der Waals surface area contributed by atoms with Crippen molar-refractivity contribution in [3.63, 3.8) is 0 Å². The van der Waals surface area contributed by atoms with Gasteiger partial charge in [0.15, 0.2) is 0 Å². The number of rotatable bonds is 0. The van der Waals surface area contributed by atoms with Crippen molar-refractivity contribution >= 4 is 0 Å². The second-order valence-corrected chi connectivity index (χ2v) is 4.72. The third-order valence-electron chi connectivity index (χ3n) is 2.61. The molecule has 0 saturated carbocycles. The van der Waals surface area contributed by atoms with Crippen molar-refractivity contribution in [1.29, 1.82) is 0 Å². The van der Waals surface area contributed by atoms with E-state index in [1.54, 1.807) is 0 Å². The highest BCUT2D eigenvalue weighted by Gasteiger charge is 2.24. The van der Waals surface area contributed by atoms with Gasteiger partial charge in [-0.3, -0.25) is 0 Å². The summed E-state index contributed by atoms with van der Waals surface area (Å²) in [5, 5.41) is 3.62. The molecule has 1 atom stereocenters. The lowest BCUT2D eigenvalue weighted by Gasteiger charge is -2.30. The van der Waals surface area contributed by atoms with E-state index in [-0.39, 0.29) is 0 Å². The molecule has 66 valence electrons. The molecule has 1 nitrogen and oxygen atoms in total. The maximum atomic E-state index is 3.62. The fourth-order valence-corrected chi connectivity index (χ4v) is 1.77. The summed E-state index contributed by atoms with van der Waals surface area (Å²) >= 11 is 0. The molecule has 1 heteroatoms. The summed E-state index contributed by atoms with van der Waals surface area (Å²) in [6, 6.07) is 0.741. The van der Waals surface area contributed by atoms with E-state index in [1.165, 1.54) is 32.2 Å². The summed E-state index contributed by atoms with van der Waals surface area (Å²) in [7, 11) is 0. The van der Waals surface area contributed by atoms with Gasteiger partial charge in [-0.05, 0) is 24.8 Å². The molecule has 0 aliphatic carbocycles. The van der Waals surface area contributed by atoms with Gasteiger partial charge in [-0.25, -0.2) is 0 Å². The summed E-state index contributed by atoms with van der Waals surface area (Å²) in [6.45, 7) is 8.21. The van der Waals surface area contributed by atoms with Crippen molar-refractivity contribution < 1.29 is 0 Å². The van der Waals surface area contributed by atoms with Gasteiger partial charge < -0.3 is 5.32 Å². The van der Waals surface area contributed by atoms with Crippen LogP contribution in [0.5, 0.6) is 0 Å². The molecule has 0 aromatic heterocycles. The van der Waals surface area contributed by atoms with Gasteiger partial charge in [-0.2, -0.15) is 0 Å². The van der Waals surface area contributed by atoms with E-state index in [1.807, 2.05) is 0 Å². The van der Waals surface area contributed by atoms with Crippen LogP contribution < -0.4 is 5.32 Å². The van der Waals surface area contributed by atoms with E-state index < -0.39 is 0 Å². The smallest absolute Gasteiger partial charge is 0.0116 e. The molecule has 1 heterocycles. The van der Waals surface area contributed by atoms with Gasteiger partial charge in [0, 0.05) is 6.04 Å². The molecule has 0 spiro atoms. The molecule has 1 saturated heterocycles. The van der Waals surface area contributed by atoms with E-state index in [0.29, 0.717) is 5.41 Å². The lowest BCUT2D eigenvalue weighted by Crippen LogP contribution is -2.39. The summed E-state index contributed by atoms with van der Waals surface area (Å²) in [6.07, 6.45) is 5.56. The maximum Gasteiger partial charge on any atom is 0.0116 e. The highest BCUT2D eigenvalue weighted by molar-refractivity contribution is 4.81. The highest BCUT2D eigenvalue weighted by Crippen LogP contribution is 2.25. The standard InChI is InChI=1S/C10H21N/c1-10(2,3)9-7-5-4-6-8-11-9/h9,11H,4-8H2,1-3H3/t9-/m0/s1. The quantitative estimate of drug-likeness (QED) is 0.567. The van der Waals surface area contributed by atoms with Crippen LogP contribution in [-0.2, 0) is 0 Å². The molecule has 0 aromatic carbocycles. The fraction of sp³-hybridized carbons (Fsp3) is 1.00. The van der Waals surface area contributed by atoms with Crippen LogP contribution in [0, 0.1) is 5.41 Å². The highest BCUT2D eigenvalue weighted by atomic mass is 14.9. The van der Waals surface area contributed by atoms with Crippen LogP contribution in [0.4, 0.5) is 0 Å². The van der Waals surface area contributed by atoms with Crippen molar-refractivity contribution in [2.75, 3.05) is 6.54 Å². The molecule has 0 amide bonds. The lowest BCUT2D eigenvalue weighted by atomic mass is 9.84. The van der Waals surface area contributed by atoms with Crippen LogP contribution in [0.15, 0.2) is 0 Å². The monoisotopic (exact) mass is 155 g/mol. The summed E-state index contributed by atoms with van der Waals surface area (Å²) in [5.41, 5.74) is 0.449. The van der Waals surface area contributed by atoms with E-state index >= 15 is 0 Å². The molecular formula is C10H21N. The van der Waals surface area contributed by atoms with Crippen molar-refractivity contribution in [2.45, 2.75) is 52.5 Å². The second kappa shape index (κ2) is 3.57. The Hall–Kier alpha value is -0.0400. The Morgan fingerprint density at radius 1 is 1.09 bits per heavy atom. The van der Waals surface area contributed by atoms with Crippen molar-refractivity contribution in [3.8, 4) is 0 Å². The largest absolute Gasteiger partial charge is 0.313 e. The molecule has 0 radical (unpaired) electrons. The summed E-state index contributed by atoms with van der Waals surface area (Å²) in [5.74, 6) is 0. The van der Waals surface area contributed by atoms with Crippen LogP contribution in [0.25, 0.3) is 0 Å². The Kier molecular flexibility index (Phi) is 2.94. The number of hydrogen-bond acceptors (Lipinski definition) is 1. The van der Waals surface area contributed by atoms with E-state index in [4.69, 9.17) is 0 Å². The average molecular weight is 155 g/mol. The molecule has 1 rings (SSSR count). The van der Waals surface area contributed by atoms with E-state index in [2.05, 4.69) is 26.1 Å². The van der Waals surface area contributed by atoms with Crippen LogP contribution in [0.3, 0.4) is 0 Å². The van der Waals surface area contributed by atoms with Gasteiger partial charge in [0.2, 0.25) is 0 Å². The molecule has 0 unspecified atom stereocenters. The second-order valence-electron chi connectivity index (χ2n) is 4.72. The molecule has 1 fully saturated rings. The first-order chi connectivity index (χ1) is 5.11. The zero-order valence-electron chi connectivity index (χ0n) is 8.11. The van der Waals surface area contributed by atoms with Gasteiger partial charge in [0.1, 0.15) is 0 Å². The van der Waals surface area contributed by atoms with Gasteiger partial charge >= 0.3 is 0 Å². The van der Waals surface area contributed by atoms with Gasteiger partial charge in [0.05, 0.1) is 0 Å². The minimum atomic E-state index is 0.449. The number of hydrogen-bond donors (Lipinski definition) is 1. The Labute approximate surface area is 70.6 Å². The predicted octanol–water partition coefficient (Wildman–Crippen LogP) is 2.56. The van der Waals surface area contributed by atoms with Crippen molar-refractivity contribution in [1.82, 2.24) is 5.32 Å². The first kappa shape index (κ1) is 9.05. The molecule has 11 heavy (non-hydrogen) atoms. The summed E-state index contributed by atoms with van der Waals surface area (Å²) < 4.78 is 0. The Morgan fingerprint density at radius 2 is 1.82 bits per heavy atom. The molecule has 0 aromatic rings. The average Bonchev–Trinajstić information content (AvgIpc) is 2.10. The van der Waals surface area contributed by atoms with E-state index in [9.17, 15) is 0 Å². The van der Waals surface area contributed by atoms with Crippen LogP contribution in [0.1, 0.15) is 46.5 Å². The SMILES string of the molecule is CC(C)(C)[C@@H]1CCCCCN1. The van der Waals surface area contributed by atoms with Gasteiger partial charge in [-0.15, -0.1) is 0 Å². The molecule has 1 N–H and O–H groups in total. The van der Waals surface area contributed by atoms with Crippen LogP contribution >= 0.6 is 0 Å². The molecular weight excluding hydrogens is 134 g/mol. The Bertz CT molecular complexity index is 105. The maximum absolute atomic E-state index is 3.62. The molecule has 0 bridgehead atoms. The van der Waals surface area contributed by atoms with Gasteiger partial charge in [0.25, 0.3) is 0 Å². The third kappa shape index (κ3) is 2.82. The zero-order valence-corrected chi connectivity index (χ0v) is 8.11. The minimum absolute atomic E-state index is 0.449. The fourth-order valence-electron chi connectivity index (χ4n) is 1.77. The first-order valence-corrected chi connectivity index (χ1v) is 4.84. The van der Waals surface area contributed by atoms with Crippen LogP contribution in [0.2, 0.25) is 0 Å². The summed E-state index contributed by atoms with van der Waals surface area (Å²) in [4.78, 5) is 0. The molecule has 1 aliphatic heterocycles. The van der Waals surface area contributed by atoms with Gasteiger partial charge in [-0.1, -0.05) is 33.6 Å². The van der Waals surface area contributed by atoms with Crippen LogP contribution in [-0.4, -0.2) is 12.6 Å². The van der Waals surface area contributed by atoms with E-state index in [0.717, 1.165) is 6.04 Å². The zero-order chi connectivity index (χ0) is 8.32. The lowest BCUT2D eigenvalue weighted by molar-refractivity contribution is 0.263. The minimum Gasteiger partial charge on any atom is -0.313 e. The Balaban J connectivity index is 2.43. The van der Waals surface area contributed by atoms with Crippen molar-refractivity contribution in [2.24, 2.45) is 5.41 Å². The normalized spacial score (nSPS) is 28.1.